The Hall–Kier alpha value is -3.15. The van der Waals surface area contributed by atoms with E-state index in [-0.39, 0.29) is 30.8 Å². The summed E-state index contributed by atoms with van der Waals surface area (Å²) in [5.41, 5.74) is 1.52. The molecule has 0 saturated heterocycles. The number of carbonyl (C=O) groups excluding carboxylic acids is 3. The van der Waals surface area contributed by atoms with E-state index >= 15 is 0 Å². The second-order valence-corrected chi connectivity index (χ2v) is 6.98. The van der Waals surface area contributed by atoms with Gasteiger partial charge in [-0.05, 0) is 20.3 Å². The average molecular weight is 412 g/mol. The van der Waals surface area contributed by atoms with Gasteiger partial charge < -0.3 is 14.2 Å². The number of fused-ring (bicyclic) bond motifs is 1. The summed E-state index contributed by atoms with van der Waals surface area (Å²) in [4.78, 5) is 36.6. The maximum atomic E-state index is 12.2. The van der Waals surface area contributed by atoms with Crippen LogP contribution in [0.1, 0.15) is 59.4 Å². The summed E-state index contributed by atoms with van der Waals surface area (Å²) < 4.78 is 16.9. The molecule has 0 aromatic heterocycles. The molecule has 0 saturated carbocycles. The maximum Gasteiger partial charge on any atom is 0.311 e. The molecule has 0 spiro atoms. The van der Waals surface area contributed by atoms with Gasteiger partial charge in [-0.3, -0.25) is 14.4 Å². The summed E-state index contributed by atoms with van der Waals surface area (Å²) in [6.45, 7) is 8.94. The Balaban J connectivity index is 2.92. The molecule has 2 aromatic rings. The van der Waals surface area contributed by atoms with Crippen molar-refractivity contribution in [2.75, 3.05) is 0 Å². The van der Waals surface area contributed by atoms with E-state index < -0.39 is 17.9 Å². The Morgan fingerprint density at radius 1 is 0.733 bits per heavy atom. The molecule has 0 fully saturated rings. The van der Waals surface area contributed by atoms with E-state index in [9.17, 15) is 14.4 Å². The highest BCUT2D eigenvalue weighted by molar-refractivity contribution is 6.00. The van der Waals surface area contributed by atoms with Crippen LogP contribution in [0.2, 0.25) is 0 Å². The molecule has 0 aliphatic carbocycles. The lowest BCUT2D eigenvalue weighted by Crippen LogP contribution is -2.15. The molecule has 0 heterocycles. The van der Waals surface area contributed by atoms with Gasteiger partial charge in [0.25, 0.3) is 0 Å². The number of ether oxygens (including phenoxy) is 3. The van der Waals surface area contributed by atoms with Gasteiger partial charge >= 0.3 is 17.9 Å². The van der Waals surface area contributed by atoms with Gasteiger partial charge in [0.1, 0.15) is 5.75 Å². The lowest BCUT2D eigenvalue weighted by atomic mass is 9.99. The number of carbonyl (C=O) groups is 3. The molecule has 0 atom stereocenters. The topological polar surface area (TPSA) is 78.9 Å². The molecular formula is C24H28O6. The third-order valence-corrected chi connectivity index (χ3v) is 4.40. The summed E-state index contributed by atoms with van der Waals surface area (Å²) in [5.74, 6) is -0.771. The first-order valence-electron chi connectivity index (χ1n) is 10.1. The summed E-state index contributed by atoms with van der Waals surface area (Å²) in [7, 11) is 0. The minimum absolute atomic E-state index is 0.110. The molecule has 6 heteroatoms. The van der Waals surface area contributed by atoms with E-state index in [1.807, 2.05) is 19.9 Å². The molecular weight excluding hydrogens is 384 g/mol. The van der Waals surface area contributed by atoms with E-state index in [2.05, 4.69) is 0 Å². The minimum Gasteiger partial charge on any atom is -0.425 e. The van der Waals surface area contributed by atoms with Crippen molar-refractivity contribution in [3.63, 3.8) is 0 Å². The lowest BCUT2D eigenvalue weighted by Gasteiger charge is -2.20. The zero-order chi connectivity index (χ0) is 22.3. The Morgan fingerprint density at radius 3 is 1.63 bits per heavy atom. The van der Waals surface area contributed by atoms with Gasteiger partial charge in [-0.2, -0.15) is 0 Å². The van der Waals surface area contributed by atoms with Gasteiger partial charge in [0, 0.05) is 35.6 Å². The molecule has 30 heavy (non-hydrogen) atoms. The van der Waals surface area contributed by atoms with Crippen LogP contribution in [0.3, 0.4) is 0 Å². The zero-order valence-electron chi connectivity index (χ0n) is 18.2. The van der Waals surface area contributed by atoms with E-state index in [1.165, 1.54) is 0 Å². The van der Waals surface area contributed by atoms with Crippen LogP contribution >= 0.6 is 0 Å². The molecule has 0 N–H and O–H groups in total. The van der Waals surface area contributed by atoms with E-state index in [0.29, 0.717) is 28.5 Å². The number of benzene rings is 2. The standard InChI is InChI=1S/C24H28O6/c1-6-19(25)28-22-16-11-9-10-12-17(16)23(29-20(26)7-2)24(30-21(27)8-3)18(22)14-13-15(4)5/h9-13H,6-8,14H2,1-5H3. The van der Waals surface area contributed by atoms with Crippen LogP contribution < -0.4 is 14.2 Å². The normalized spacial score (nSPS) is 10.4. The van der Waals surface area contributed by atoms with E-state index in [1.54, 1.807) is 45.0 Å². The van der Waals surface area contributed by atoms with Crippen molar-refractivity contribution in [3.05, 3.63) is 41.5 Å². The van der Waals surface area contributed by atoms with Crippen molar-refractivity contribution in [1.82, 2.24) is 0 Å². The lowest BCUT2D eigenvalue weighted by molar-refractivity contribution is -0.136. The highest BCUT2D eigenvalue weighted by Crippen LogP contribution is 2.47. The third kappa shape index (κ3) is 5.47. The Bertz CT molecular complexity index is 983. The fourth-order valence-electron chi connectivity index (χ4n) is 2.78. The molecule has 0 unspecified atom stereocenters. The summed E-state index contributed by atoms with van der Waals surface area (Å²) in [6, 6.07) is 7.11. The predicted octanol–water partition coefficient (Wildman–Crippen LogP) is 5.29. The fraction of sp³-hybridized carbons (Fsp3) is 0.375. The number of rotatable bonds is 8. The number of esters is 3. The second-order valence-electron chi connectivity index (χ2n) is 6.98. The Labute approximate surface area is 176 Å². The van der Waals surface area contributed by atoms with Crippen LogP contribution in [0.15, 0.2) is 35.9 Å². The molecule has 2 aromatic carbocycles. The highest BCUT2D eigenvalue weighted by atomic mass is 16.6. The number of hydrogen-bond donors (Lipinski definition) is 0. The summed E-state index contributed by atoms with van der Waals surface area (Å²) in [5, 5.41) is 1.13. The van der Waals surface area contributed by atoms with Crippen LogP contribution in [0.5, 0.6) is 17.2 Å². The quantitative estimate of drug-likeness (QED) is 0.333. The number of hydrogen-bond acceptors (Lipinski definition) is 6. The Morgan fingerprint density at radius 2 is 1.17 bits per heavy atom. The van der Waals surface area contributed by atoms with Crippen LogP contribution in [-0.4, -0.2) is 17.9 Å². The van der Waals surface area contributed by atoms with Crippen molar-refractivity contribution >= 4 is 28.7 Å². The molecule has 0 aliphatic rings. The predicted molar refractivity (Wildman–Crippen MR) is 115 cm³/mol. The van der Waals surface area contributed by atoms with E-state index in [4.69, 9.17) is 14.2 Å². The molecule has 0 amide bonds. The molecule has 2 rings (SSSR count). The largest absolute Gasteiger partial charge is 0.425 e. The summed E-state index contributed by atoms with van der Waals surface area (Å²) in [6.07, 6.45) is 2.75. The summed E-state index contributed by atoms with van der Waals surface area (Å²) >= 11 is 0. The minimum atomic E-state index is -0.481. The van der Waals surface area contributed by atoms with Crippen LogP contribution in [0.25, 0.3) is 10.8 Å². The molecule has 0 aliphatic heterocycles. The van der Waals surface area contributed by atoms with Crippen molar-refractivity contribution in [2.45, 2.75) is 60.3 Å². The van der Waals surface area contributed by atoms with E-state index in [0.717, 1.165) is 5.57 Å². The zero-order valence-corrected chi connectivity index (χ0v) is 18.2. The maximum absolute atomic E-state index is 12.2. The van der Waals surface area contributed by atoms with Crippen molar-refractivity contribution in [3.8, 4) is 17.2 Å². The van der Waals surface area contributed by atoms with Crippen molar-refractivity contribution in [1.29, 1.82) is 0 Å². The van der Waals surface area contributed by atoms with Gasteiger partial charge in [0.05, 0.1) is 0 Å². The SMILES string of the molecule is CCC(=O)Oc1c(CC=C(C)C)c(OC(=O)CC)c2ccccc2c1OC(=O)CC. The van der Waals surface area contributed by atoms with Gasteiger partial charge in [0.2, 0.25) is 0 Å². The molecule has 6 nitrogen and oxygen atoms in total. The first kappa shape index (κ1) is 23.1. The van der Waals surface area contributed by atoms with Gasteiger partial charge in [-0.1, -0.05) is 56.7 Å². The van der Waals surface area contributed by atoms with Crippen molar-refractivity contribution in [2.24, 2.45) is 0 Å². The molecule has 0 bridgehead atoms. The first-order valence-corrected chi connectivity index (χ1v) is 10.1. The molecule has 160 valence electrons. The molecule has 0 radical (unpaired) electrons. The number of allylic oxidation sites excluding steroid dienone is 2. The smallest absolute Gasteiger partial charge is 0.311 e. The van der Waals surface area contributed by atoms with Crippen LogP contribution in [-0.2, 0) is 20.8 Å². The van der Waals surface area contributed by atoms with Crippen LogP contribution in [0.4, 0.5) is 0 Å². The van der Waals surface area contributed by atoms with Gasteiger partial charge in [0.15, 0.2) is 11.5 Å². The monoisotopic (exact) mass is 412 g/mol. The fourth-order valence-corrected chi connectivity index (χ4v) is 2.78. The van der Waals surface area contributed by atoms with Gasteiger partial charge in [-0.25, -0.2) is 0 Å². The van der Waals surface area contributed by atoms with Crippen LogP contribution in [0, 0.1) is 0 Å². The highest BCUT2D eigenvalue weighted by Gasteiger charge is 2.26. The Kier molecular flexibility index (Phi) is 8.16. The third-order valence-electron chi connectivity index (χ3n) is 4.40. The van der Waals surface area contributed by atoms with Gasteiger partial charge in [-0.15, -0.1) is 0 Å². The average Bonchev–Trinajstić information content (AvgIpc) is 2.74. The second kappa shape index (κ2) is 10.6. The van der Waals surface area contributed by atoms with Crippen molar-refractivity contribution < 1.29 is 28.6 Å². The first-order chi connectivity index (χ1) is 14.3.